The van der Waals surface area contributed by atoms with E-state index in [9.17, 15) is 24.9 Å². The Bertz CT molecular complexity index is 2080. The summed E-state index contributed by atoms with van der Waals surface area (Å²) >= 11 is 0. The molecule has 3 unspecified atom stereocenters. The van der Waals surface area contributed by atoms with E-state index >= 15 is 0 Å². The first kappa shape index (κ1) is 45.2. The molecule has 3 N–H and O–H groups in total. The lowest BCUT2D eigenvalue weighted by atomic mass is 9.43. The number of hydrogen-bond donors (Lipinski definition) is 3. The van der Waals surface area contributed by atoms with Crippen molar-refractivity contribution in [2.75, 3.05) is 20.3 Å². The molecule has 0 bridgehead atoms. The molecule has 1 aromatic carbocycles. The molecular weight excluding hydrogens is 789 g/mol. The normalized spacial score (nSPS) is 43.2. The smallest absolute Gasteiger partial charge is 0.305 e. The highest BCUT2D eigenvalue weighted by Gasteiger charge is 2.66. The standard InChI is InChI=1S/C55H76O8/c1-8-21-55(60)23-20-43-40-13-10-35-27-37(56)12-14-39(35)50(40)41(31-53(43,55)5)34-11-17-47(33(3)26-34)63-25-24-62-38-19-22-52(4)36(28-38)29-46(57)51-44-16-15-42(32(2)9-18-49(59)61-7)54(44,6)48(58)30-45(51)52/h11,17,26-27,32,36,38,40-46,48,51,57-58,60H,9-10,12-16,18-20,22-25,28-31H2,1-7H3/t32-,36?,38+,40?,41-,42-,43?,44+,45+,46-,48+,51+,52+,53+,54-,55+/m1/s1. The molecule has 0 aromatic heterocycles. The molecule has 8 aliphatic rings. The van der Waals surface area contributed by atoms with Crippen molar-refractivity contribution in [3.63, 3.8) is 0 Å². The molecule has 9 rings (SSSR count). The molecule has 0 spiro atoms. The summed E-state index contributed by atoms with van der Waals surface area (Å²) in [7, 11) is 1.45. The number of carbonyl (C=O) groups is 2. The van der Waals surface area contributed by atoms with Crippen molar-refractivity contribution in [1.29, 1.82) is 0 Å². The van der Waals surface area contributed by atoms with Crippen molar-refractivity contribution >= 4 is 11.8 Å². The quantitative estimate of drug-likeness (QED) is 0.121. The molecule has 0 heterocycles. The summed E-state index contributed by atoms with van der Waals surface area (Å²) in [5.74, 6) is 9.99. The van der Waals surface area contributed by atoms with Gasteiger partial charge in [0.25, 0.3) is 0 Å². The monoisotopic (exact) mass is 865 g/mol. The molecular formula is C55H76O8. The number of aryl methyl sites for hydroxylation is 1. The highest BCUT2D eigenvalue weighted by Crippen LogP contribution is 2.69. The Morgan fingerprint density at radius 2 is 1.76 bits per heavy atom. The SMILES string of the molecule is CC#C[C@]1(O)CCC2C3CCC4=CC(=O)CCC4=C3[C@@H](c3ccc(OCCO[C@H]4CC[C@@]5(C)C(C4)C[C@@H](O)[C@H]4[C@@H]6CC[C@H]([C@H](C)CCC(=O)OC)[C@@]6(C)[C@@H](O)C[C@@H]45)c(C)c3)C[C@@]21C. The van der Waals surface area contributed by atoms with Crippen LogP contribution in [0.25, 0.3) is 0 Å². The van der Waals surface area contributed by atoms with Gasteiger partial charge in [-0.25, -0.2) is 0 Å². The second kappa shape index (κ2) is 17.0. The summed E-state index contributed by atoms with van der Waals surface area (Å²) in [6.07, 6.45) is 14.9. The molecule has 8 nitrogen and oxygen atoms in total. The van der Waals surface area contributed by atoms with E-state index in [1.54, 1.807) is 0 Å². The maximum Gasteiger partial charge on any atom is 0.305 e. The van der Waals surface area contributed by atoms with Crippen LogP contribution in [0.4, 0.5) is 0 Å². The topological polar surface area (TPSA) is 123 Å². The molecule has 1 aromatic rings. The second-order valence-electron chi connectivity index (χ2n) is 22.6. The van der Waals surface area contributed by atoms with E-state index in [4.69, 9.17) is 14.2 Å². The van der Waals surface area contributed by atoms with E-state index < -0.39 is 11.7 Å². The third-order valence-electron chi connectivity index (χ3n) is 20.0. The van der Waals surface area contributed by atoms with Crippen molar-refractivity contribution in [1.82, 2.24) is 0 Å². The largest absolute Gasteiger partial charge is 0.491 e. The molecule has 0 radical (unpaired) electrons. The van der Waals surface area contributed by atoms with Crippen LogP contribution in [0.5, 0.6) is 5.75 Å². The van der Waals surface area contributed by atoms with Crippen LogP contribution in [0, 0.1) is 82.4 Å². The van der Waals surface area contributed by atoms with Crippen LogP contribution in [0.1, 0.15) is 154 Å². The van der Waals surface area contributed by atoms with Crippen LogP contribution in [0.3, 0.4) is 0 Å². The van der Waals surface area contributed by atoms with Crippen LogP contribution in [0.2, 0.25) is 0 Å². The molecule has 8 aliphatic carbocycles. The molecule has 0 saturated heterocycles. The third-order valence-corrected chi connectivity index (χ3v) is 20.0. The Kier molecular flexibility index (Phi) is 12.2. The van der Waals surface area contributed by atoms with E-state index in [1.807, 2.05) is 13.0 Å². The van der Waals surface area contributed by atoms with Crippen molar-refractivity contribution in [2.24, 2.45) is 63.6 Å². The predicted molar refractivity (Wildman–Crippen MR) is 243 cm³/mol. The van der Waals surface area contributed by atoms with Gasteiger partial charge in [0.2, 0.25) is 0 Å². The zero-order chi connectivity index (χ0) is 44.6. The number of hydrogen-bond acceptors (Lipinski definition) is 8. The van der Waals surface area contributed by atoms with Gasteiger partial charge in [-0.2, -0.15) is 0 Å². The summed E-state index contributed by atoms with van der Waals surface area (Å²) in [5.41, 5.74) is 5.03. The minimum absolute atomic E-state index is 0.0627. The number of fused-ring (bicyclic) bond motifs is 9. The maximum atomic E-state index is 12.5. The fourth-order valence-electron chi connectivity index (χ4n) is 16.7. The van der Waals surface area contributed by atoms with E-state index in [0.717, 1.165) is 94.8 Å². The predicted octanol–water partition coefficient (Wildman–Crippen LogP) is 9.60. The van der Waals surface area contributed by atoms with E-state index in [-0.39, 0.29) is 63.9 Å². The molecule has 63 heavy (non-hydrogen) atoms. The Hall–Kier alpha value is -2.96. The average Bonchev–Trinajstić information content (AvgIpc) is 3.75. The van der Waals surface area contributed by atoms with Gasteiger partial charge >= 0.3 is 5.97 Å². The van der Waals surface area contributed by atoms with Crippen LogP contribution in [0.15, 0.2) is 41.0 Å². The molecule has 6 saturated carbocycles. The van der Waals surface area contributed by atoms with Crippen LogP contribution in [-0.2, 0) is 19.1 Å². The Balaban J connectivity index is 0.836. The van der Waals surface area contributed by atoms with Crippen LogP contribution in [-0.4, -0.2) is 71.3 Å². The highest BCUT2D eigenvalue weighted by molar-refractivity contribution is 5.93. The first-order valence-electron chi connectivity index (χ1n) is 25.0. The summed E-state index contributed by atoms with van der Waals surface area (Å²) in [4.78, 5) is 24.5. The molecule has 8 heteroatoms. The van der Waals surface area contributed by atoms with Gasteiger partial charge in [0.15, 0.2) is 5.78 Å². The zero-order valence-corrected chi connectivity index (χ0v) is 39.3. The van der Waals surface area contributed by atoms with Crippen molar-refractivity contribution in [3.8, 4) is 17.6 Å². The maximum absolute atomic E-state index is 12.5. The number of methoxy groups -OCH3 is 1. The highest BCUT2D eigenvalue weighted by atomic mass is 16.5. The van der Waals surface area contributed by atoms with Crippen molar-refractivity contribution in [3.05, 3.63) is 52.1 Å². The number of ketones is 1. The van der Waals surface area contributed by atoms with E-state index in [1.165, 1.54) is 29.4 Å². The van der Waals surface area contributed by atoms with Gasteiger partial charge in [-0.1, -0.05) is 51.3 Å². The summed E-state index contributed by atoms with van der Waals surface area (Å²) in [5, 5.41) is 36.1. The van der Waals surface area contributed by atoms with Crippen LogP contribution >= 0.6 is 0 Å². The van der Waals surface area contributed by atoms with E-state index in [2.05, 4.69) is 64.7 Å². The van der Waals surface area contributed by atoms with Crippen molar-refractivity contribution < 1.29 is 39.1 Å². The first-order valence-corrected chi connectivity index (χ1v) is 25.0. The number of allylic oxidation sites excluding steroid dienone is 4. The molecule has 344 valence electrons. The van der Waals surface area contributed by atoms with Crippen LogP contribution < -0.4 is 4.74 Å². The number of carbonyl (C=O) groups excluding carboxylic acids is 2. The van der Waals surface area contributed by atoms with E-state index in [0.29, 0.717) is 62.1 Å². The third kappa shape index (κ3) is 7.41. The van der Waals surface area contributed by atoms with Gasteiger partial charge in [-0.05, 0) is 196 Å². The minimum atomic E-state index is -0.998. The van der Waals surface area contributed by atoms with Gasteiger partial charge in [-0.15, -0.1) is 5.92 Å². The van der Waals surface area contributed by atoms with Gasteiger partial charge in [0, 0.05) is 24.2 Å². The number of esters is 1. The van der Waals surface area contributed by atoms with Crippen molar-refractivity contribution in [2.45, 2.75) is 174 Å². The molecule has 0 amide bonds. The lowest BCUT2D eigenvalue weighted by Gasteiger charge is -2.63. The first-order chi connectivity index (χ1) is 30.1. The Morgan fingerprint density at radius 3 is 2.52 bits per heavy atom. The number of aliphatic hydroxyl groups is 3. The van der Waals surface area contributed by atoms with Gasteiger partial charge in [0.05, 0.1) is 32.0 Å². The molecule has 6 fully saturated rings. The number of benzene rings is 1. The fraction of sp³-hybridized carbons (Fsp3) is 0.745. The number of rotatable bonds is 10. The number of aliphatic hydroxyl groups excluding tert-OH is 2. The van der Waals surface area contributed by atoms with Gasteiger partial charge < -0.3 is 29.5 Å². The number of ether oxygens (including phenoxy) is 3. The van der Waals surface area contributed by atoms with Gasteiger partial charge in [-0.3, -0.25) is 9.59 Å². The Morgan fingerprint density at radius 1 is 0.952 bits per heavy atom. The molecule has 0 aliphatic heterocycles. The summed E-state index contributed by atoms with van der Waals surface area (Å²) in [6, 6.07) is 6.66. The fourth-order valence-corrected chi connectivity index (χ4v) is 16.7. The zero-order valence-electron chi connectivity index (χ0n) is 39.3. The average molecular weight is 865 g/mol. The van der Waals surface area contributed by atoms with Gasteiger partial charge in [0.1, 0.15) is 18.0 Å². The molecule has 16 atom stereocenters. The Labute approximate surface area is 377 Å². The minimum Gasteiger partial charge on any atom is -0.491 e. The lowest BCUT2D eigenvalue weighted by molar-refractivity contribution is -0.209. The summed E-state index contributed by atoms with van der Waals surface area (Å²) in [6.45, 7) is 14.2. The second-order valence-corrected chi connectivity index (χ2v) is 22.6. The lowest BCUT2D eigenvalue weighted by Crippen LogP contribution is -2.62. The summed E-state index contributed by atoms with van der Waals surface area (Å²) < 4.78 is 17.9.